The van der Waals surface area contributed by atoms with Crippen LogP contribution in [0, 0.1) is 0 Å². The Morgan fingerprint density at radius 2 is 0.902 bits per heavy atom. The number of unbranched alkanes of at least 4 members (excludes halogenated alkanes) is 31. The van der Waals surface area contributed by atoms with Crippen molar-refractivity contribution in [3.05, 3.63) is 24.3 Å². The number of allylic oxidation sites excluding steroid dienone is 4. The molecule has 0 saturated heterocycles. The van der Waals surface area contributed by atoms with Crippen LogP contribution in [0.25, 0.3) is 0 Å². The third-order valence-electron chi connectivity index (χ3n) is 11.5. The molecule has 0 saturated carbocycles. The molecular formula is C52H103NO7P+. The summed E-state index contributed by atoms with van der Waals surface area (Å²) >= 11 is 0. The predicted molar refractivity (Wildman–Crippen MR) is 261 cm³/mol. The van der Waals surface area contributed by atoms with Gasteiger partial charge in [-0.2, -0.15) is 0 Å². The van der Waals surface area contributed by atoms with E-state index in [1.54, 1.807) is 0 Å². The highest BCUT2D eigenvalue weighted by molar-refractivity contribution is 7.47. The van der Waals surface area contributed by atoms with Crippen LogP contribution in [0.3, 0.4) is 0 Å². The molecule has 0 fully saturated rings. The fourth-order valence-electron chi connectivity index (χ4n) is 7.47. The van der Waals surface area contributed by atoms with Crippen LogP contribution in [-0.4, -0.2) is 75.6 Å². The highest BCUT2D eigenvalue weighted by Crippen LogP contribution is 2.43. The van der Waals surface area contributed by atoms with Gasteiger partial charge in [0.15, 0.2) is 0 Å². The number of likely N-dealkylation sites (N-methyl/N-ethyl adjacent to an activating group) is 1. The van der Waals surface area contributed by atoms with Crippen molar-refractivity contribution in [1.29, 1.82) is 0 Å². The quantitative estimate of drug-likeness (QED) is 0.0214. The zero-order valence-corrected chi connectivity index (χ0v) is 42.1. The first kappa shape index (κ1) is 60.0. The minimum Gasteiger partial charge on any atom is -0.457 e. The van der Waals surface area contributed by atoms with Crippen LogP contribution >= 0.6 is 7.82 Å². The Morgan fingerprint density at radius 3 is 1.33 bits per heavy atom. The number of hydrogen-bond donors (Lipinski definition) is 1. The molecule has 0 aliphatic rings. The molecule has 0 aromatic rings. The molecule has 0 aliphatic heterocycles. The number of hydrogen-bond acceptors (Lipinski definition) is 6. The van der Waals surface area contributed by atoms with Crippen molar-refractivity contribution in [3.63, 3.8) is 0 Å². The van der Waals surface area contributed by atoms with Gasteiger partial charge in [0.25, 0.3) is 0 Å². The summed E-state index contributed by atoms with van der Waals surface area (Å²) in [6.07, 6.45) is 53.6. The second-order valence-electron chi connectivity index (χ2n) is 18.9. The normalized spacial score (nSPS) is 13.7. The first-order chi connectivity index (χ1) is 29.6. The number of nitrogens with zero attached hydrogens (tertiary/aromatic N) is 1. The summed E-state index contributed by atoms with van der Waals surface area (Å²) in [5.41, 5.74) is 0. The van der Waals surface area contributed by atoms with E-state index in [0.717, 1.165) is 38.5 Å². The van der Waals surface area contributed by atoms with Crippen molar-refractivity contribution in [2.24, 2.45) is 0 Å². The van der Waals surface area contributed by atoms with Gasteiger partial charge in [0.1, 0.15) is 19.3 Å². The summed E-state index contributed by atoms with van der Waals surface area (Å²) in [6.45, 7) is 5.66. The van der Waals surface area contributed by atoms with E-state index >= 15 is 0 Å². The van der Waals surface area contributed by atoms with Crippen LogP contribution in [0.4, 0.5) is 0 Å². The zero-order valence-electron chi connectivity index (χ0n) is 41.2. The number of quaternary nitrogens is 1. The van der Waals surface area contributed by atoms with Gasteiger partial charge in [0, 0.05) is 13.0 Å². The van der Waals surface area contributed by atoms with E-state index in [-0.39, 0.29) is 25.8 Å². The Morgan fingerprint density at radius 1 is 0.508 bits per heavy atom. The molecule has 0 spiro atoms. The molecule has 0 heterocycles. The highest BCUT2D eigenvalue weighted by Gasteiger charge is 2.26. The van der Waals surface area contributed by atoms with Crippen molar-refractivity contribution in [2.45, 2.75) is 251 Å². The lowest BCUT2D eigenvalue weighted by atomic mass is 10.0. The highest BCUT2D eigenvalue weighted by atomic mass is 31.2. The Balaban J connectivity index is 4.05. The molecule has 8 nitrogen and oxygen atoms in total. The topological polar surface area (TPSA) is 91.3 Å². The number of esters is 1. The number of carbonyl (C=O) groups excluding carboxylic acids is 1. The smallest absolute Gasteiger partial charge is 0.457 e. The number of phosphoric acid groups is 1. The van der Waals surface area contributed by atoms with Crippen LogP contribution in [-0.2, 0) is 27.9 Å². The summed E-state index contributed by atoms with van der Waals surface area (Å²) in [6, 6.07) is 0. The molecule has 2 unspecified atom stereocenters. The number of carbonyl (C=O) groups is 1. The lowest BCUT2D eigenvalue weighted by Gasteiger charge is -2.24. The van der Waals surface area contributed by atoms with Gasteiger partial charge >= 0.3 is 13.8 Å². The Hall–Kier alpha value is -1.02. The summed E-state index contributed by atoms with van der Waals surface area (Å²) < 4.78 is 35.1. The molecule has 61 heavy (non-hydrogen) atoms. The third kappa shape index (κ3) is 49.8. The maximum atomic E-state index is 12.8. The third-order valence-corrected chi connectivity index (χ3v) is 12.5. The lowest BCUT2D eigenvalue weighted by molar-refractivity contribution is -0.870. The first-order valence-electron chi connectivity index (χ1n) is 26.1. The maximum Gasteiger partial charge on any atom is 0.472 e. The van der Waals surface area contributed by atoms with Crippen molar-refractivity contribution in [2.75, 3.05) is 54.1 Å². The molecule has 1 N–H and O–H groups in total. The molecule has 2 atom stereocenters. The lowest BCUT2D eigenvalue weighted by Crippen LogP contribution is -2.37. The van der Waals surface area contributed by atoms with E-state index in [4.69, 9.17) is 18.5 Å². The molecule has 0 aliphatic carbocycles. The number of ether oxygens (including phenoxy) is 2. The molecule has 0 aromatic carbocycles. The van der Waals surface area contributed by atoms with Crippen molar-refractivity contribution in [3.8, 4) is 0 Å². The molecule has 362 valence electrons. The van der Waals surface area contributed by atoms with E-state index in [0.29, 0.717) is 24.1 Å². The average molecular weight is 885 g/mol. The average Bonchev–Trinajstić information content (AvgIpc) is 3.22. The van der Waals surface area contributed by atoms with Crippen molar-refractivity contribution >= 4 is 13.8 Å². The monoisotopic (exact) mass is 885 g/mol. The van der Waals surface area contributed by atoms with Crippen LogP contribution in [0.1, 0.15) is 245 Å². The Labute approximate surface area is 379 Å². The number of phosphoric ester groups is 1. The summed E-state index contributed by atoms with van der Waals surface area (Å²) in [5, 5.41) is 0. The van der Waals surface area contributed by atoms with E-state index < -0.39 is 13.9 Å². The molecule has 0 amide bonds. The zero-order chi connectivity index (χ0) is 44.8. The summed E-state index contributed by atoms with van der Waals surface area (Å²) in [7, 11) is 1.68. The number of rotatable bonds is 49. The van der Waals surface area contributed by atoms with Gasteiger partial charge in [-0.05, 0) is 44.9 Å². The van der Waals surface area contributed by atoms with Crippen LogP contribution in [0.15, 0.2) is 24.3 Å². The van der Waals surface area contributed by atoms with E-state index in [1.807, 2.05) is 21.1 Å². The van der Waals surface area contributed by atoms with Crippen molar-refractivity contribution in [1.82, 2.24) is 0 Å². The SMILES string of the molecule is CCCCCCC/C=C\C/C=C\CCCCCCCCCCCCCCCC(=O)OC(COCCCCCCCCCCCCCCCC)COP(=O)(O)OCC[N+](C)(C)C. The largest absolute Gasteiger partial charge is 0.472 e. The molecule has 0 aromatic heterocycles. The fraction of sp³-hybridized carbons (Fsp3) is 0.904. The molecule has 0 rings (SSSR count). The van der Waals surface area contributed by atoms with Crippen LogP contribution in [0.5, 0.6) is 0 Å². The Bertz CT molecular complexity index is 1030. The predicted octanol–water partition coefficient (Wildman–Crippen LogP) is 16.0. The first-order valence-corrected chi connectivity index (χ1v) is 27.6. The van der Waals surface area contributed by atoms with Gasteiger partial charge in [0.05, 0.1) is 34.4 Å². The van der Waals surface area contributed by atoms with E-state index in [1.165, 1.54) is 186 Å². The van der Waals surface area contributed by atoms with Crippen LogP contribution in [0.2, 0.25) is 0 Å². The van der Waals surface area contributed by atoms with Gasteiger partial charge in [-0.15, -0.1) is 0 Å². The van der Waals surface area contributed by atoms with Crippen molar-refractivity contribution < 1.29 is 37.3 Å². The summed E-state index contributed by atoms with van der Waals surface area (Å²) in [4.78, 5) is 23.0. The maximum absolute atomic E-state index is 12.8. The van der Waals surface area contributed by atoms with Crippen LogP contribution < -0.4 is 0 Å². The standard InChI is InChI=1S/C52H102NO7P/c1-6-8-10-12-14-16-18-20-22-23-24-25-26-27-28-29-30-31-32-33-35-37-39-41-43-45-52(54)60-51(50-59-61(55,56)58-48-46-53(3,4)5)49-57-47-44-42-40-38-36-34-21-19-17-15-13-11-9-7-2/h18,20,23-24,51H,6-17,19,21-22,25-50H2,1-5H3/p+1/b20-18-,24-23-. The van der Waals surface area contributed by atoms with Gasteiger partial charge < -0.3 is 18.9 Å². The molecule has 0 bridgehead atoms. The molecule has 9 heteroatoms. The fourth-order valence-corrected chi connectivity index (χ4v) is 8.21. The summed E-state index contributed by atoms with van der Waals surface area (Å²) in [5.74, 6) is -0.310. The minimum atomic E-state index is -4.27. The molecule has 0 radical (unpaired) electrons. The van der Waals surface area contributed by atoms with Gasteiger partial charge in [0.2, 0.25) is 0 Å². The second-order valence-corrected chi connectivity index (χ2v) is 20.4. The van der Waals surface area contributed by atoms with Gasteiger partial charge in [-0.25, -0.2) is 4.57 Å². The van der Waals surface area contributed by atoms with E-state index in [9.17, 15) is 14.3 Å². The minimum absolute atomic E-state index is 0.0912. The molecular weight excluding hydrogens is 782 g/mol. The van der Waals surface area contributed by atoms with Gasteiger partial charge in [-0.1, -0.05) is 218 Å². The Kier molecular flexibility index (Phi) is 44.8. The van der Waals surface area contributed by atoms with Gasteiger partial charge in [-0.3, -0.25) is 13.8 Å². The van der Waals surface area contributed by atoms with E-state index in [2.05, 4.69) is 38.2 Å². The second kappa shape index (κ2) is 45.5.